The molecule has 2 aliphatic carbocycles. The van der Waals surface area contributed by atoms with Crippen LogP contribution in [0.3, 0.4) is 0 Å². The van der Waals surface area contributed by atoms with Gasteiger partial charge in [0.05, 0.1) is 0 Å². The Morgan fingerprint density at radius 3 is 2.38 bits per heavy atom. The lowest BCUT2D eigenvalue weighted by Gasteiger charge is -2.36. The van der Waals surface area contributed by atoms with Crippen LogP contribution >= 0.6 is 0 Å². The zero-order chi connectivity index (χ0) is 15.3. The highest BCUT2D eigenvalue weighted by atomic mass is 16.4. The third kappa shape index (κ3) is 3.89. The normalized spacial score (nSPS) is 28.6. The molecule has 0 radical (unpaired) electrons. The van der Waals surface area contributed by atoms with Crippen molar-refractivity contribution < 1.29 is 14.7 Å². The summed E-state index contributed by atoms with van der Waals surface area (Å²) in [5, 5.41) is 15.3. The first kappa shape index (κ1) is 16.1. The summed E-state index contributed by atoms with van der Waals surface area (Å²) < 4.78 is 0. The molecule has 0 aromatic carbocycles. The molecule has 0 aliphatic heterocycles. The molecule has 2 aliphatic rings. The highest BCUT2D eigenvalue weighted by Crippen LogP contribution is 2.29. The highest BCUT2D eigenvalue weighted by Gasteiger charge is 2.41. The first-order valence-corrected chi connectivity index (χ1v) is 8.39. The van der Waals surface area contributed by atoms with Crippen LogP contribution in [0.25, 0.3) is 0 Å². The molecule has 2 unspecified atom stereocenters. The number of hydrogen-bond acceptors (Lipinski definition) is 2. The molecule has 5 heteroatoms. The lowest BCUT2D eigenvalue weighted by atomic mass is 9.81. The molecule has 0 aromatic rings. The fraction of sp³-hybridized carbons (Fsp3) is 0.875. The Morgan fingerprint density at radius 1 is 1.10 bits per heavy atom. The zero-order valence-electron chi connectivity index (χ0n) is 13.0. The van der Waals surface area contributed by atoms with Crippen molar-refractivity contribution in [3.8, 4) is 0 Å². The maximum absolute atomic E-state index is 12.3. The van der Waals surface area contributed by atoms with Crippen molar-refractivity contribution in [3.05, 3.63) is 0 Å². The molecule has 2 rings (SSSR count). The van der Waals surface area contributed by atoms with E-state index in [4.69, 9.17) is 0 Å². The van der Waals surface area contributed by atoms with E-state index in [1.54, 1.807) is 0 Å². The Bertz CT molecular complexity index is 378. The minimum absolute atomic E-state index is 0.193. The second-order valence-corrected chi connectivity index (χ2v) is 6.61. The zero-order valence-corrected chi connectivity index (χ0v) is 13.0. The smallest absolute Gasteiger partial charge is 0.329 e. The van der Waals surface area contributed by atoms with Crippen molar-refractivity contribution in [1.29, 1.82) is 0 Å². The monoisotopic (exact) mass is 296 g/mol. The van der Waals surface area contributed by atoms with E-state index in [0.717, 1.165) is 44.9 Å². The van der Waals surface area contributed by atoms with Crippen LogP contribution in [0.4, 0.5) is 4.79 Å². The molecule has 0 bridgehead atoms. The molecular weight excluding hydrogens is 268 g/mol. The Kier molecular flexibility index (Phi) is 5.48. The molecule has 0 heterocycles. The molecule has 120 valence electrons. The highest BCUT2D eigenvalue weighted by molar-refractivity contribution is 5.86. The van der Waals surface area contributed by atoms with Gasteiger partial charge >= 0.3 is 12.0 Å². The van der Waals surface area contributed by atoms with Gasteiger partial charge in [0.1, 0.15) is 5.54 Å². The van der Waals surface area contributed by atoms with Crippen LogP contribution in [0.5, 0.6) is 0 Å². The summed E-state index contributed by atoms with van der Waals surface area (Å²) in [5.41, 5.74) is -1.06. The summed E-state index contributed by atoms with van der Waals surface area (Å²) in [7, 11) is 0. The van der Waals surface area contributed by atoms with Crippen molar-refractivity contribution in [3.63, 3.8) is 0 Å². The summed E-state index contributed by atoms with van der Waals surface area (Å²) in [5.74, 6) is -0.371. The minimum Gasteiger partial charge on any atom is -0.480 e. The summed E-state index contributed by atoms with van der Waals surface area (Å²) in [6.07, 6.45) is 9.48. The predicted octanol–water partition coefficient (Wildman–Crippen LogP) is 3.04. The molecule has 2 amide bonds. The lowest BCUT2D eigenvalue weighted by molar-refractivity contribution is -0.145. The third-order valence-electron chi connectivity index (χ3n) is 5.22. The van der Waals surface area contributed by atoms with Crippen LogP contribution < -0.4 is 10.6 Å². The molecule has 0 saturated heterocycles. The second-order valence-electron chi connectivity index (χ2n) is 6.61. The number of carboxylic acid groups (broad SMARTS) is 1. The van der Waals surface area contributed by atoms with Crippen LogP contribution in [0, 0.1) is 5.92 Å². The van der Waals surface area contributed by atoms with Gasteiger partial charge in [-0.1, -0.05) is 45.4 Å². The number of carbonyl (C=O) groups excluding carboxylic acids is 1. The number of hydrogen-bond donors (Lipinski definition) is 3. The van der Waals surface area contributed by atoms with Gasteiger partial charge in [0, 0.05) is 6.04 Å². The Hall–Kier alpha value is -1.26. The largest absolute Gasteiger partial charge is 0.480 e. The topological polar surface area (TPSA) is 78.4 Å². The molecule has 0 spiro atoms. The number of carboxylic acids is 1. The van der Waals surface area contributed by atoms with Crippen molar-refractivity contribution in [2.45, 2.75) is 82.7 Å². The van der Waals surface area contributed by atoms with Crippen LogP contribution in [0.1, 0.15) is 71.1 Å². The maximum Gasteiger partial charge on any atom is 0.329 e. The van der Waals surface area contributed by atoms with Gasteiger partial charge in [-0.05, 0) is 31.6 Å². The minimum atomic E-state index is -1.06. The molecule has 2 atom stereocenters. The van der Waals surface area contributed by atoms with E-state index >= 15 is 0 Å². The van der Waals surface area contributed by atoms with E-state index < -0.39 is 11.5 Å². The number of aliphatic carboxylic acids is 1. The molecule has 5 nitrogen and oxygen atoms in total. The second kappa shape index (κ2) is 7.14. The summed E-state index contributed by atoms with van der Waals surface area (Å²) in [6, 6.07) is -0.108. The van der Waals surface area contributed by atoms with E-state index in [1.165, 1.54) is 6.42 Å². The summed E-state index contributed by atoms with van der Waals surface area (Å²) in [4.78, 5) is 23.8. The maximum atomic E-state index is 12.3. The van der Waals surface area contributed by atoms with Crippen molar-refractivity contribution in [1.82, 2.24) is 10.6 Å². The summed E-state index contributed by atoms with van der Waals surface area (Å²) >= 11 is 0. The quantitative estimate of drug-likeness (QED) is 0.746. The van der Waals surface area contributed by atoms with Crippen molar-refractivity contribution >= 4 is 12.0 Å². The molecular formula is C16H28N2O3. The predicted molar refractivity (Wildman–Crippen MR) is 81.2 cm³/mol. The molecule has 21 heavy (non-hydrogen) atoms. The number of nitrogens with one attached hydrogen (secondary N) is 2. The number of amides is 2. The molecule has 3 N–H and O–H groups in total. The van der Waals surface area contributed by atoms with Crippen LogP contribution in [0.2, 0.25) is 0 Å². The first-order chi connectivity index (χ1) is 10.1. The van der Waals surface area contributed by atoms with E-state index in [-0.39, 0.29) is 12.1 Å². The third-order valence-corrected chi connectivity index (χ3v) is 5.22. The Morgan fingerprint density at radius 2 is 1.76 bits per heavy atom. The summed E-state index contributed by atoms with van der Waals surface area (Å²) in [6.45, 7) is 2.16. The van der Waals surface area contributed by atoms with Crippen LogP contribution in [-0.2, 0) is 4.79 Å². The van der Waals surface area contributed by atoms with Gasteiger partial charge in [0.2, 0.25) is 0 Å². The van der Waals surface area contributed by atoms with Gasteiger partial charge in [0.15, 0.2) is 0 Å². The van der Waals surface area contributed by atoms with Crippen LogP contribution in [-0.4, -0.2) is 28.7 Å². The van der Waals surface area contributed by atoms with Gasteiger partial charge in [0.25, 0.3) is 0 Å². The fourth-order valence-electron chi connectivity index (χ4n) is 3.86. The lowest BCUT2D eigenvalue weighted by Crippen LogP contribution is -2.59. The van der Waals surface area contributed by atoms with E-state index in [2.05, 4.69) is 17.6 Å². The SMILES string of the molecule is CCC1CCCCC1NC(=O)NC1(C(=O)O)CCCCC1. The van der Waals surface area contributed by atoms with E-state index in [9.17, 15) is 14.7 Å². The van der Waals surface area contributed by atoms with Gasteiger partial charge in [-0.25, -0.2) is 9.59 Å². The van der Waals surface area contributed by atoms with E-state index in [1.807, 2.05) is 0 Å². The standard InChI is InChI=1S/C16H28N2O3/c1-2-12-8-4-5-9-13(12)17-15(21)18-16(14(19)20)10-6-3-7-11-16/h12-13H,2-11H2,1H3,(H,19,20)(H2,17,18,21). The van der Waals surface area contributed by atoms with Gasteiger partial charge in [-0.15, -0.1) is 0 Å². The average Bonchev–Trinajstić information content (AvgIpc) is 2.48. The molecule has 2 saturated carbocycles. The van der Waals surface area contributed by atoms with Gasteiger partial charge < -0.3 is 15.7 Å². The number of urea groups is 1. The number of rotatable bonds is 4. The molecule has 2 fully saturated rings. The van der Waals surface area contributed by atoms with E-state index in [0.29, 0.717) is 18.8 Å². The molecule has 0 aromatic heterocycles. The Balaban J connectivity index is 1.94. The van der Waals surface area contributed by atoms with Crippen molar-refractivity contribution in [2.24, 2.45) is 5.92 Å². The average molecular weight is 296 g/mol. The van der Waals surface area contributed by atoms with Crippen LogP contribution in [0.15, 0.2) is 0 Å². The van der Waals surface area contributed by atoms with Gasteiger partial charge in [-0.3, -0.25) is 0 Å². The Labute approximate surface area is 126 Å². The van der Waals surface area contributed by atoms with Gasteiger partial charge in [-0.2, -0.15) is 0 Å². The fourth-order valence-corrected chi connectivity index (χ4v) is 3.86. The number of carbonyl (C=O) groups is 2. The first-order valence-electron chi connectivity index (χ1n) is 8.39. The van der Waals surface area contributed by atoms with Crippen molar-refractivity contribution in [2.75, 3.05) is 0 Å².